The quantitative estimate of drug-likeness (QED) is 0.839. The van der Waals surface area contributed by atoms with Crippen molar-refractivity contribution in [2.24, 2.45) is 5.92 Å². The summed E-state index contributed by atoms with van der Waals surface area (Å²) in [6, 6.07) is 9.77. The van der Waals surface area contributed by atoms with Crippen LogP contribution in [-0.4, -0.2) is 74.9 Å². The third-order valence-electron chi connectivity index (χ3n) is 5.13. The van der Waals surface area contributed by atoms with Crippen LogP contribution in [0.3, 0.4) is 0 Å². The summed E-state index contributed by atoms with van der Waals surface area (Å²) in [4.78, 5) is 16.5. The minimum Gasteiger partial charge on any atom is -0.445 e. The topological polar surface area (TPSA) is 54.0 Å². The van der Waals surface area contributed by atoms with Gasteiger partial charge in [0.05, 0.1) is 19.3 Å². The van der Waals surface area contributed by atoms with Crippen LogP contribution in [0.25, 0.3) is 0 Å². The number of morpholine rings is 1. The van der Waals surface area contributed by atoms with Gasteiger partial charge in [-0.3, -0.25) is 0 Å². The maximum atomic E-state index is 12.3. The smallest absolute Gasteiger partial charge is 0.410 e. The molecule has 2 heterocycles. The van der Waals surface area contributed by atoms with Gasteiger partial charge in [0.25, 0.3) is 0 Å². The summed E-state index contributed by atoms with van der Waals surface area (Å²) in [7, 11) is 2.19. The lowest BCUT2D eigenvalue weighted by atomic mass is 9.98. The van der Waals surface area contributed by atoms with Crippen LogP contribution in [0, 0.1) is 5.92 Å². The minimum atomic E-state index is -0.254. The number of nitrogens with one attached hydrogen (secondary N) is 1. The zero-order valence-electron chi connectivity index (χ0n) is 15.7. The van der Waals surface area contributed by atoms with Crippen LogP contribution in [0.5, 0.6) is 0 Å². The fourth-order valence-electron chi connectivity index (χ4n) is 3.71. The molecule has 1 aromatic carbocycles. The van der Waals surface area contributed by atoms with E-state index in [1.165, 1.54) is 19.4 Å². The van der Waals surface area contributed by atoms with Crippen LogP contribution in [0.1, 0.15) is 18.4 Å². The van der Waals surface area contributed by atoms with Gasteiger partial charge in [0, 0.05) is 19.6 Å². The molecule has 6 heteroatoms. The second-order valence-electron chi connectivity index (χ2n) is 7.41. The second-order valence-corrected chi connectivity index (χ2v) is 7.41. The summed E-state index contributed by atoms with van der Waals surface area (Å²) in [5.41, 5.74) is 1.00. The Morgan fingerprint density at radius 1 is 1.23 bits per heavy atom. The van der Waals surface area contributed by atoms with Crippen molar-refractivity contribution in [2.45, 2.75) is 25.6 Å². The zero-order chi connectivity index (χ0) is 18.2. The Labute approximate surface area is 156 Å². The lowest BCUT2D eigenvalue weighted by Crippen LogP contribution is -2.49. The summed E-state index contributed by atoms with van der Waals surface area (Å²) >= 11 is 0. The molecule has 0 aliphatic carbocycles. The van der Waals surface area contributed by atoms with Gasteiger partial charge < -0.3 is 24.6 Å². The fourth-order valence-corrected chi connectivity index (χ4v) is 3.71. The number of likely N-dealkylation sites (tertiary alicyclic amines) is 1. The van der Waals surface area contributed by atoms with Crippen molar-refractivity contribution in [1.29, 1.82) is 0 Å². The molecule has 0 radical (unpaired) electrons. The molecule has 1 N–H and O–H groups in total. The van der Waals surface area contributed by atoms with Gasteiger partial charge in [0.15, 0.2) is 0 Å². The Hall–Kier alpha value is -1.63. The number of hydrogen-bond acceptors (Lipinski definition) is 5. The maximum absolute atomic E-state index is 12.3. The number of ether oxygens (including phenoxy) is 2. The molecular formula is C20H31N3O3. The molecular weight excluding hydrogens is 330 g/mol. The summed E-state index contributed by atoms with van der Waals surface area (Å²) in [5, 5.41) is 3.53. The molecule has 2 atom stereocenters. The predicted molar refractivity (Wildman–Crippen MR) is 101 cm³/mol. The van der Waals surface area contributed by atoms with Gasteiger partial charge in [-0.1, -0.05) is 30.3 Å². The highest BCUT2D eigenvalue weighted by Gasteiger charge is 2.25. The van der Waals surface area contributed by atoms with Crippen molar-refractivity contribution < 1.29 is 14.3 Å². The number of carbonyl (C=O) groups excluding carboxylic acids is 1. The number of amides is 1. The monoisotopic (exact) mass is 361 g/mol. The van der Waals surface area contributed by atoms with Crippen LogP contribution in [0.15, 0.2) is 30.3 Å². The Morgan fingerprint density at radius 2 is 2.08 bits per heavy atom. The van der Waals surface area contributed by atoms with Gasteiger partial charge >= 0.3 is 6.09 Å². The maximum Gasteiger partial charge on any atom is 0.410 e. The van der Waals surface area contributed by atoms with Gasteiger partial charge in [0.1, 0.15) is 6.61 Å². The molecule has 2 unspecified atom stereocenters. The lowest BCUT2D eigenvalue weighted by molar-refractivity contribution is -0.0274. The molecule has 1 amide bonds. The first-order valence-electron chi connectivity index (χ1n) is 9.67. The van der Waals surface area contributed by atoms with Crippen LogP contribution >= 0.6 is 0 Å². The van der Waals surface area contributed by atoms with Crippen LogP contribution in [0.2, 0.25) is 0 Å². The molecule has 144 valence electrons. The highest BCUT2D eigenvalue weighted by Crippen LogP contribution is 2.14. The SMILES string of the molecule is CN1CCCC(CNCC2CN(C(=O)OCc3ccccc3)CCO2)C1. The minimum absolute atomic E-state index is 0.0364. The predicted octanol–water partition coefficient (Wildman–Crippen LogP) is 1.96. The summed E-state index contributed by atoms with van der Waals surface area (Å²) < 4.78 is 11.2. The van der Waals surface area contributed by atoms with Crippen molar-refractivity contribution in [2.75, 3.05) is 52.9 Å². The molecule has 0 aromatic heterocycles. The van der Waals surface area contributed by atoms with E-state index >= 15 is 0 Å². The summed E-state index contributed by atoms with van der Waals surface area (Å²) in [5.74, 6) is 0.712. The summed E-state index contributed by atoms with van der Waals surface area (Å²) in [6.07, 6.45) is 2.36. The van der Waals surface area contributed by atoms with Gasteiger partial charge in [-0.2, -0.15) is 0 Å². The van der Waals surface area contributed by atoms with E-state index in [1.54, 1.807) is 4.90 Å². The molecule has 26 heavy (non-hydrogen) atoms. The first-order valence-corrected chi connectivity index (χ1v) is 9.67. The molecule has 0 bridgehead atoms. The second kappa shape index (κ2) is 9.90. The van der Waals surface area contributed by atoms with Gasteiger partial charge in [-0.25, -0.2) is 4.79 Å². The van der Waals surface area contributed by atoms with E-state index in [2.05, 4.69) is 17.3 Å². The molecule has 1 aromatic rings. The van der Waals surface area contributed by atoms with Crippen molar-refractivity contribution >= 4 is 6.09 Å². The number of piperidine rings is 1. The van der Waals surface area contributed by atoms with Crippen molar-refractivity contribution in [3.05, 3.63) is 35.9 Å². The van der Waals surface area contributed by atoms with E-state index < -0.39 is 0 Å². The van der Waals surface area contributed by atoms with Crippen molar-refractivity contribution in [3.8, 4) is 0 Å². The number of benzene rings is 1. The van der Waals surface area contributed by atoms with Gasteiger partial charge in [0.2, 0.25) is 0 Å². The zero-order valence-corrected chi connectivity index (χ0v) is 15.7. The molecule has 2 aliphatic heterocycles. The average molecular weight is 361 g/mol. The fraction of sp³-hybridized carbons (Fsp3) is 0.650. The molecule has 0 spiro atoms. The third-order valence-corrected chi connectivity index (χ3v) is 5.13. The highest BCUT2D eigenvalue weighted by atomic mass is 16.6. The molecule has 2 fully saturated rings. The Morgan fingerprint density at radius 3 is 2.88 bits per heavy atom. The summed E-state index contributed by atoms with van der Waals surface area (Å²) in [6.45, 7) is 6.24. The Kier molecular flexibility index (Phi) is 7.29. The van der Waals surface area contributed by atoms with Crippen molar-refractivity contribution in [1.82, 2.24) is 15.1 Å². The number of carbonyl (C=O) groups is 1. The molecule has 0 saturated carbocycles. The van der Waals surface area contributed by atoms with Crippen LogP contribution in [0.4, 0.5) is 4.79 Å². The molecule has 3 rings (SSSR count). The number of nitrogens with zero attached hydrogens (tertiary/aromatic N) is 2. The lowest BCUT2D eigenvalue weighted by Gasteiger charge is -2.33. The average Bonchev–Trinajstić information content (AvgIpc) is 2.67. The first-order chi connectivity index (χ1) is 12.7. The normalized spacial score (nSPS) is 24.4. The Bertz CT molecular complexity index is 554. The van der Waals surface area contributed by atoms with Crippen LogP contribution in [-0.2, 0) is 16.1 Å². The van der Waals surface area contributed by atoms with Crippen LogP contribution < -0.4 is 5.32 Å². The standard InChI is InChI=1S/C20H31N3O3/c1-22-9-5-8-18(14-22)12-21-13-19-15-23(10-11-25-19)20(24)26-16-17-6-3-2-4-7-17/h2-4,6-7,18-19,21H,5,8-16H2,1H3. The van der Waals surface area contributed by atoms with E-state index in [0.29, 0.717) is 32.2 Å². The van der Waals surface area contributed by atoms with E-state index in [0.717, 1.165) is 25.2 Å². The van der Waals surface area contributed by atoms with E-state index in [9.17, 15) is 4.79 Å². The largest absolute Gasteiger partial charge is 0.445 e. The number of hydrogen-bond donors (Lipinski definition) is 1. The number of rotatable bonds is 6. The van der Waals surface area contributed by atoms with E-state index in [-0.39, 0.29) is 12.2 Å². The van der Waals surface area contributed by atoms with Gasteiger partial charge in [-0.05, 0) is 44.5 Å². The highest BCUT2D eigenvalue weighted by molar-refractivity contribution is 5.67. The Balaban J connectivity index is 1.36. The molecule has 2 saturated heterocycles. The van der Waals surface area contributed by atoms with Crippen molar-refractivity contribution in [3.63, 3.8) is 0 Å². The van der Waals surface area contributed by atoms with Gasteiger partial charge in [-0.15, -0.1) is 0 Å². The van der Waals surface area contributed by atoms with E-state index in [1.807, 2.05) is 30.3 Å². The first kappa shape index (κ1) is 19.1. The molecule has 2 aliphatic rings. The molecule has 6 nitrogen and oxygen atoms in total. The third kappa shape index (κ3) is 5.97. The van der Waals surface area contributed by atoms with E-state index in [4.69, 9.17) is 9.47 Å².